The van der Waals surface area contributed by atoms with Gasteiger partial charge in [-0.2, -0.15) is 5.10 Å². The highest BCUT2D eigenvalue weighted by Gasteiger charge is 2.16. The molecule has 2 aromatic rings. The van der Waals surface area contributed by atoms with Gasteiger partial charge in [0.05, 0.1) is 17.9 Å². The van der Waals surface area contributed by atoms with Crippen molar-refractivity contribution in [2.24, 2.45) is 0 Å². The van der Waals surface area contributed by atoms with Gasteiger partial charge in [-0.05, 0) is 18.2 Å². The van der Waals surface area contributed by atoms with Crippen LogP contribution in [0.1, 0.15) is 5.69 Å². The molecule has 0 aliphatic carbocycles. The molecule has 6 nitrogen and oxygen atoms in total. The van der Waals surface area contributed by atoms with Gasteiger partial charge in [0.15, 0.2) is 0 Å². The molecule has 1 aromatic carbocycles. The second-order valence-corrected chi connectivity index (χ2v) is 5.18. The predicted octanol–water partition coefficient (Wildman–Crippen LogP) is 0.470. The molecule has 0 unspecified atom stereocenters. The average molecular weight is 252 g/mol. The third-order valence-corrected chi connectivity index (χ3v) is 3.69. The minimum atomic E-state index is -3.59. The molecular weight excluding hydrogens is 240 g/mol. The SMILES string of the molecule is Nc1ccccc1S(=O)(=O)NCc1ccn[nH]1. The van der Waals surface area contributed by atoms with E-state index in [1.54, 1.807) is 30.5 Å². The van der Waals surface area contributed by atoms with Crippen LogP contribution < -0.4 is 10.5 Å². The maximum absolute atomic E-state index is 11.9. The fourth-order valence-electron chi connectivity index (χ4n) is 1.36. The van der Waals surface area contributed by atoms with Gasteiger partial charge >= 0.3 is 0 Å². The molecule has 4 N–H and O–H groups in total. The van der Waals surface area contributed by atoms with Crippen LogP contribution >= 0.6 is 0 Å². The number of para-hydroxylation sites is 1. The van der Waals surface area contributed by atoms with E-state index >= 15 is 0 Å². The Kier molecular flexibility index (Phi) is 3.12. The maximum atomic E-state index is 11.9. The molecule has 0 atom stereocenters. The van der Waals surface area contributed by atoms with Gasteiger partial charge in [0.25, 0.3) is 0 Å². The third-order valence-electron chi connectivity index (χ3n) is 2.22. The Hall–Kier alpha value is -1.86. The zero-order chi connectivity index (χ0) is 12.3. The quantitative estimate of drug-likeness (QED) is 0.688. The van der Waals surface area contributed by atoms with Crippen LogP contribution in [0, 0.1) is 0 Å². The van der Waals surface area contributed by atoms with Crippen molar-refractivity contribution in [1.29, 1.82) is 0 Å². The smallest absolute Gasteiger partial charge is 0.242 e. The number of aromatic amines is 1. The number of H-pyrrole nitrogens is 1. The molecule has 7 heteroatoms. The summed E-state index contributed by atoms with van der Waals surface area (Å²) in [6, 6.07) is 8.01. The van der Waals surface area contributed by atoms with Crippen molar-refractivity contribution in [2.45, 2.75) is 11.4 Å². The summed E-state index contributed by atoms with van der Waals surface area (Å²) in [4.78, 5) is 0.0829. The van der Waals surface area contributed by atoms with Crippen LogP contribution in [0.2, 0.25) is 0 Å². The molecule has 0 saturated heterocycles. The molecule has 0 fully saturated rings. The Morgan fingerprint density at radius 2 is 2.06 bits per heavy atom. The van der Waals surface area contributed by atoms with Crippen LogP contribution in [0.5, 0.6) is 0 Å². The first kappa shape index (κ1) is 11.6. The number of benzene rings is 1. The van der Waals surface area contributed by atoms with E-state index in [4.69, 9.17) is 5.73 Å². The van der Waals surface area contributed by atoms with Crippen molar-refractivity contribution in [1.82, 2.24) is 14.9 Å². The number of nitrogens with zero attached hydrogens (tertiary/aromatic N) is 1. The van der Waals surface area contributed by atoms with Gasteiger partial charge in [-0.15, -0.1) is 0 Å². The fraction of sp³-hybridized carbons (Fsp3) is 0.100. The van der Waals surface area contributed by atoms with Crippen LogP contribution in [-0.4, -0.2) is 18.6 Å². The van der Waals surface area contributed by atoms with E-state index in [0.29, 0.717) is 5.69 Å². The lowest BCUT2D eigenvalue weighted by Gasteiger charge is -2.07. The first-order valence-electron chi connectivity index (χ1n) is 4.92. The van der Waals surface area contributed by atoms with Gasteiger partial charge in [0.1, 0.15) is 4.90 Å². The van der Waals surface area contributed by atoms with E-state index in [1.165, 1.54) is 6.07 Å². The normalized spacial score (nSPS) is 11.5. The Bertz CT molecular complexity index is 593. The monoisotopic (exact) mass is 252 g/mol. The highest BCUT2D eigenvalue weighted by atomic mass is 32.2. The largest absolute Gasteiger partial charge is 0.398 e. The zero-order valence-corrected chi connectivity index (χ0v) is 9.74. The highest BCUT2D eigenvalue weighted by Crippen LogP contribution is 2.16. The molecule has 0 amide bonds. The molecule has 17 heavy (non-hydrogen) atoms. The van der Waals surface area contributed by atoms with Gasteiger partial charge in [-0.3, -0.25) is 5.10 Å². The Morgan fingerprint density at radius 1 is 1.29 bits per heavy atom. The zero-order valence-electron chi connectivity index (χ0n) is 8.92. The van der Waals surface area contributed by atoms with Crippen LogP contribution in [0.25, 0.3) is 0 Å². The van der Waals surface area contributed by atoms with Crippen LogP contribution in [0.15, 0.2) is 41.4 Å². The van der Waals surface area contributed by atoms with E-state index in [9.17, 15) is 8.42 Å². The summed E-state index contributed by atoms with van der Waals surface area (Å²) >= 11 is 0. The lowest BCUT2D eigenvalue weighted by molar-refractivity contribution is 0.581. The standard InChI is InChI=1S/C10H12N4O2S/c11-9-3-1-2-4-10(9)17(15,16)13-7-8-5-6-12-14-8/h1-6,13H,7,11H2,(H,12,14). The molecule has 0 spiro atoms. The number of nitrogens with two attached hydrogens (primary N) is 1. The van der Waals surface area contributed by atoms with Gasteiger partial charge in [0.2, 0.25) is 10.0 Å². The van der Waals surface area contributed by atoms with Crippen LogP contribution in [0.3, 0.4) is 0 Å². The summed E-state index contributed by atoms with van der Waals surface area (Å²) in [6.45, 7) is 0.149. The van der Waals surface area contributed by atoms with E-state index in [-0.39, 0.29) is 17.1 Å². The van der Waals surface area contributed by atoms with Gasteiger partial charge in [-0.1, -0.05) is 12.1 Å². The Morgan fingerprint density at radius 3 is 2.71 bits per heavy atom. The van der Waals surface area contributed by atoms with Crippen molar-refractivity contribution in [3.05, 3.63) is 42.2 Å². The Labute approximate surface area is 98.9 Å². The Balaban J connectivity index is 2.17. The molecule has 90 valence electrons. The van der Waals surface area contributed by atoms with Crippen molar-refractivity contribution in [3.8, 4) is 0 Å². The van der Waals surface area contributed by atoms with E-state index in [0.717, 1.165) is 0 Å². The number of nitrogen functional groups attached to an aromatic ring is 1. The second kappa shape index (κ2) is 4.56. The molecule has 1 aromatic heterocycles. The van der Waals surface area contributed by atoms with E-state index in [2.05, 4.69) is 14.9 Å². The third kappa shape index (κ3) is 2.63. The first-order chi connectivity index (χ1) is 8.09. The summed E-state index contributed by atoms with van der Waals surface area (Å²) in [5.41, 5.74) is 6.53. The topological polar surface area (TPSA) is 101 Å². The van der Waals surface area contributed by atoms with Gasteiger partial charge in [-0.25, -0.2) is 13.1 Å². The van der Waals surface area contributed by atoms with Crippen molar-refractivity contribution >= 4 is 15.7 Å². The number of hydrogen-bond donors (Lipinski definition) is 3. The number of rotatable bonds is 4. The maximum Gasteiger partial charge on any atom is 0.242 e. The van der Waals surface area contributed by atoms with Crippen LogP contribution in [0.4, 0.5) is 5.69 Å². The minimum absolute atomic E-state index is 0.0829. The second-order valence-electron chi connectivity index (χ2n) is 3.44. The van der Waals surface area contributed by atoms with Gasteiger partial charge in [0, 0.05) is 6.20 Å². The fourth-order valence-corrected chi connectivity index (χ4v) is 2.50. The number of anilines is 1. The van der Waals surface area contributed by atoms with E-state index < -0.39 is 10.0 Å². The molecule has 0 aliphatic heterocycles. The number of nitrogens with one attached hydrogen (secondary N) is 2. The number of aromatic nitrogens is 2. The summed E-state index contributed by atoms with van der Waals surface area (Å²) < 4.78 is 26.3. The first-order valence-corrected chi connectivity index (χ1v) is 6.40. The minimum Gasteiger partial charge on any atom is -0.398 e. The molecule has 0 aliphatic rings. The lowest BCUT2D eigenvalue weighted by Crippen LogP contribution is -2.24. The summed E-state index contributed by atoms with van der Waals surface area (Å²) in [5, 5.41) is 6.40. The molecule has 0 radical (unpaired) electrons. The summed E-state index contributed by atoms with van der Waals surface area (Å²) in [6.07, 6.45) is 1.56. The highest BCUT2D eigenvalue weighted by molar-refractivity contribution is 7.89. The molecule has 0 saturated carbocycles. The summed E-state index contributed by atoms with van der Waals surface area (Å²) in [5.74, 6) is 0. The number of hydrogen-bond acceptors (Lipinski definition) is 4. The molecule has 2 rings (SSSR count). The summed E-state index contributed by atoms with van der Waals surface area (Å²) in [7, 11) is -3.59. The van der Waals surface area contributed by atoms with Crippen molar-refractivity contribution in [2.75, 3.05) is 5.73 Å². The average Bonchev–Trinajstić information content (AvgIpc) is 2.80. The number of sulfonamides is 1. The van der Waals surface area contributed by atoms with Crippen molar-refractivity contribution < 1.29 is 8.42 Å². The van der Waals surface area contributed by atoms with Gasteiger partial charge < -0.3 is 5.73 Å². The molecular formula is C10H12N4O2S. The molecule has 0 bridgehead atoms. The van der Waals surface area contributed by atoms with Crippen LogP contribution in [-0.2, 0) is 16.6 Å². The van der Waals surface area contributed by atoms with E-state index in [1.807, 2.05) is 0 Å². The lowest BCUT2D eigenvalue weighted by atomic mass is 10.3. The molecule has 1 heterocycles. The van der Waals surface area contributed by atoms with Crippen molar-refractivity contribution in [3.63, 3.8) is 0 Å². The predicted molar refractivity (Wildman–Crippen MR) is 63.5 cm³/mol.